The van der Waals surface area contributed by atoms with Gasteiger partial charge in [0.2, 0.25) is 5.91 Å². The van der Waals surface area contributed by atoms with Gasteiger partial charge in [-0.1, -0.05) is 23.7 Å². The molecule has 0 saturated heterocycles. The van der Waals surface area contributed by atoms with Crippen molar-refractivity contribution in [3.8, 4) is 0 Å². The molecule has 2 aromatic carbocycles. The van der Waals surface area contributed by atoms with Gasteiger partial charge in [0.15, 0.2) is 0 Å². The summed E-state index contributed by atoms with van der Waals surface area (Å²) in [5.74, 6) is 0.738. The van der Waals surface area contributed by atoms with Gasteiger partial charge in [-0.05, 0) is 30.3 Å². The lowest BCUT2D eigenvalue weighted by molar-refractivity contribution is -0.115. The average molecular weight is 357 g/mol. The standard InChI is InChI=1S/C18H17ClN4O2/c19-12-5-6-14-16(9-12)23(7-8-24)17(20-14)10-22-11-18(25)21-13-3-1-2-4-15(13)22/h1-6,9,24H,7-8,10-11H2,(H,21,25). The maximum atomic E-state index is 12.0. The van der Waals surface area contributed by atoms with Crippen LogP contribution in [0.5, 0.6) is 0 Å². The van der Waals surface area contributed by atoms with Crippen LogP contribution < -0.4 is 10.2 Å². The number of carbonyl (C=O) groups is 1. The van der Waals surface area contributed by atoms with Gasteiger partial charge in [-0.2, -0.15) is 0 Å². The maximum Gasteiger partial charge on any atom is 0.243 e. The third-order valence-corrected chi connectivity index (χ3v) is 4.53. The number of nitrogens with zero attached hydrogens (tertiary/aromatic N) is 3. The van der Waals surface area contributed by atoms with Crippen LogP contribution in [0.15, 0.2) is 42.5 Å². The summed E-state index contributed by atoms with van der Waals surface area (Å²) in [6.07, 6.45) is 0. The largest absolute Gasteiger partial charge is 0.395 e. The molecule has 1 aliphatic rings. The first kappa shape index (κ1) is 15.9. The van der Waals surface area contributed by atoms with Gasteiger partial charge in [-0.15, -0.1) is 0 Å². The maximum absolute atomic E-state index is 12.0. The van der Waals surface area contributed by atoms with Crippen molar-refractivity contribution in [3.63, 3.8) is 0 Å². The van der Waals surface area contributed by atoms with Crippen LogP contribution in [0.1, 0.15) is 5.82 Å². The van der Waals surface area contributed by atoms with Gasteiger partial charge in [0.05, 0.1) is 42.1 Å². The van der Waals surface area contributed by atoms with Crippen LogP contribution in [0.3, 0.4) is 0 Å². The third kappa shape index (κ3) is 2.94. The van der Waals surface area contributed by atoms with Crippen molar-refractivity contribution in [2.45, 2.75) is 13.1 Å². The zero-order valence-corrected chi connectivity index (χ0v) is 14.2. The van der Waals surface area contributed by atoms with E-state index in [4.69, 9.17) is 11.6 Å². The lowest BCUT2D eigenvalue weighted by atomic mass is 10.2. The molecule has 4 rings (SSSR count). The summed E-state index contributed by atoms with van der Waals surface area (Å²) < 4.78 is 1.95. The van der Waals surface area contributed by atoms with Gasteiger partial charge in [0.25, 0.3) is 0 Å². The Hall–Kier alpha value is -2.57. The summed E-state index contributed by atoms with van der Waals surface area (Å²) in [5, 5.41) is 12.9. The van der Waals surface area contributed by atoms with Crippen molar-refractivity contribution in [2.75, 3.05) is 23.4 Å². The Balaban J connectivity index is 1.76. The third-order valence-electron chi connectivity index (χ3n) is 4.30. The second-order valence-corrected chi connectivity index (χ2v) is 6.39. The van der Waals surface area contributed by atoms with Crippen LogP contribution in [-0.4, -0.2) is 33.7 Å². The van der Waals surface area contributed by atoms with Crippen LogP contribution in [0.25, 0.3) is 11.0 Å². The Morgan fingerprint density at radius 3 is 2.92 bits per heavy atom. The highest BCUT2D eigenvalue weighted by Crippen LogP contribution is 2.30. The van der Waals surface area contributed by atoms with E-state index in [-0.39, 0.29) is 19.1 Å². The smallest absolute Gasteiger partial charge is 0.243 e. The number of hydrogen-bond acceptors (Lipinski definition) is 4. The highest BCUT2D eigenvalue weighted by Gasteiger charge is 2.23. The number of carbonyl (C=O) groups excluding carboxylic acids is 1. The van der Waals surface area contributed by atoms with E-state index >= 15 is 0 Å². The predicted molar refractivity (Wildman–Crippen MR) is 98.0 cm³/mol. The number of para-hydroxylation sites is 2. The number of anilines is 2. The Bertz CT molecular complexity index is 953. The number of imidazole rings is 1. The molecule has 0 spiro atoms. The first-order valence-electron chi connectivity index (χ1n) is 8.05. The van der Waals surface area contributed by atoms with Crippen LogP contribution in [0.2, 0.25) is 5.02 Å². The average Bonchev–Trinajstić information content (AvgIpc) is 2.92. The number of rotatable bonds is 4. The fourth-order valence-corrected chi connectivity index (χ4v) is 3.40. The number of hydrogen-bond donors (Lipinski definition) is 2. The molecular formula is C18H17ClN4O2. The minimum absolute atomic E-state index is 0.00203. The Morgan fingerprint density at radius 2 is 2.08 bits per heavy atom. The number of aromatic nitrogens is 2. The number of nitrogens with one attached hydrogen (secondary N) is 1. The number of benzene rings is 2. The molecule has 0 atom stereocenters. The molecule has 0 saturated carbocycles. The van der Waals surface area contributed by atoms with Gasteiger partial charge in [0, 0.05) is 11.6 Å². The number of aliphatic hydroxyl groups is 1. The molecule has 0 radical (unpaired) electrons. The van der Waals surface area contributed by atoms with Crippen LogP contribution in [0, 0.1) is 0 Å². The Labute approximate surface area is 149 Å². The van der Waals surface area contributed by atoms with E-state index in [1.807, 2.05) is 45.9 Å². The second kappa shape index (κ2) is 6.38. The molecule has 0 bridgehead atoms. The number of halogens is 1. The summed E-state index contributed by atoms with van der Waals surface area (Å²) >= 11 is 6.11. The molecule has 25 heavy (non-hydrogen) atoms. The first-order chi connectivity index (χ1) is 12.2. The van der Waals surface area contributed by atoms with Crippen molar-refractivity contribution >= 4 is 39.9 Å². The Kier molecular flexibility index (Phi) is 4.07. The molecule has 1 aliphatic heterocycles. The van der Waals surface area contributed by atoms with E-state index in [0.29, 0.717) is 18.1 Å². The molecule has 0 aliphatic carbocycles. The van der Waals surface area contributed by atoms with E-state index < -0.39 is 0 Å². The van der Waals surface area contributed by atoms with Crippen molar-refractivity contribution in [3.05, 3.63) is 53.3 Å². The van der Waals surface area contributed by atoms with Crippen molar-refractivity contribution in [2.24, 2.45) is 0 Å². The summed E-state index contributed by atoms with van der Waals surface area (Å²) in [4.78, 5) is 18.7. The van der Waals surface area contributed by atoms with Gasteiger partial charge in [-0.25, -0.2) is 4.98 Å². The zero-order chi connectivity index (χ0) is 17.4. The highest BCUT2D eigenvalue weighted by atomic mass is 35.5. The molecule has 1 aromatic heterocycles. The summed E-state index contributed by atoms with van der Waals surface area (Å²) in [5.41, 5.74) is 3.46. The normalized spacial score (nSPS) is 13.8. The predicted octanol–water partition coefficient (Wildman–Crippen LogP) is 2.64. The van der Waals surface area contributed by atoms with Crippen LogP contribution in [-0.2, 0) is 17.9 Å². The molecule has 2 heterocycles. The van der Waals surface area contributed by atoms with Gasteiger partial charge in [0.1, 0.15) is 5.82 Å². The quantitative estimate of drug-likeness (QED) is 0.754. The van der Waals surface area contributed by atoms with E-state index in [2.05, 4.69) is 10.3 Å². The molecule has 7 heteroatoms. The summed E-state index contributed by atoms with van der Waals surface area (Å²) in [6, 6.07) is 13.2. The van der Waals surface area contributed by atoms with Gasteiger partial charge in [-0.3, -0.25) is 4.79 Å². The zero-order valence-electron chi connectivity index (χ0n) is 13.4. The van der Waals surface area contributed by atoms with Crippen molar-refractivity contribution in [1.29, 1.82) is 0 Å². The van der Waals surface area contributed by atoms with Crippen LogP contribution >= 0.6 is 11.6 Å². The fourth-order valence-electron chi connectivity index (χ4n) is 3.23. The number of aliphatic hydroxyl groups excluding tert-OH is 1. The number of fused-ring (bicyclic) bond motifs is 2. The molecule has 0 unspecified atom stereocenters. The molecule has 6 nitrogen and oxygen atoms in total. The molecule has 3 aromatic rings. The highest BCUT2D eigenvalue weighted by molar-refractivity contribution is 6.31. The summed E-state index contributed by atoms with van der Waals surface area (Å²) in [6.45, 7) is 1.16. The van der Waals surface area contributed by atoms with Crippen LogP contribution in [0.4, 0.5) is 11.4 Å². The molecule has 128 valence electrons. The monoisotopic (exact) mass is 356 g/mol. The van der Waals surface area contributed by atoms with Crippen molar-refractivity contribution in [1.82, 2.24) is 9.55 Å². The second-order valence-electron chi connectivity index (χ2n) is 5.96. The Morgan fingerprint density at radius 1 is 1.24 bits per heavy atom. The molecule has 2 N–H and O–H groups in total. The minimum atomic E-state index is -0.0495. The van der Waals surface area contributed by atoms with E-state index in [1.165, 1.54) is 0 Å². The van der Waals surface area contributed by atoms with E-state index in [1.54, 1.807) is 6.07 Å². The van der Waals surface area contributed by atoms with E-state index in [0.717, 1.165) is 28.2 Å². The fraction of sp³-hybridized carbons (Fsp3) is 0.222. The van der Waals surface area contributed by atoms with Gasteiger partial charge < -0.3 is 19.9 Å². The molecule has 0 fully saturated rings. The molecule has 1 amide bonds. The molecular weight excluding hydrogens is 340 g/mol. The number of amides is 1. The van der Waals surface area contributed by atoms with Gasteiger partial charge >= 0.3 is 0 Å². The lowest BCUT2D eigenvalue weighted by Crippen LogP contribution is -2.38. The minimum Gasteiger partial charge on any atom is -0.395 e. The summed E-state index contributed by atoms with van der Waals surface area (Å²) in [7, 11) is 0. The lowest BCUT2D eigenvalue weighted by Gasteiger charge is -2.30. The first-order valence-corrected chi connectivity index (χ1v) is 8.43. The SMILES string of the molecule is O=C1CN(Cc2nc3ccc(Cl)cc3n2CCO)c2ccccc2N1. The topological polar surface area (TPSA) is 70.4 Å². The van der Waals surface area contributed by atoms with E-state index in [9.17, 15) is 9.90 Å². The van der Waals surface area contributed by atoms with Crippen molar-refractivity contribution < 1.29 is 9.90 Å².